The summed E-state index contributed by atoms with van der Waals surface area (Å²) < 4.78 is 1.34. The van der Waals surface area contributed by atoms with Crippen LogP contribution in [0.2, 0.25) is 0 Å². The molecule has 2 heterocycles. The summed E-state index contributed by atoms with van der Waals surface area (Å²) in [7, 11) is 0. The smallest absolute Gasteiger partial charge is 0.0815 e. The minimum atomic E-state index is 0.610. The zero-order chi connectivity index (χ0) is 11.4. The van der Waals surface area contributed by atoms with Gasteiger partial charge in [0, 0.05) is 11.1 Å². The van der Waals surface area contributed by atoms with Gasteiger partial charge in [-0.15, -0.1) is 11.3 Å². The molecule has 0 spiro atoms. The Balaban J connectivity index is 0.000000531. The molecule has 0 atom stereocenters. The quantitative estimate of drug-likeness (QED) is 0.677. The van der Waals surface area contributed by atoms with E-state index in [4.69, 9.17) is 0 Å². The molecule has 0 fully saturated rings. The molecule has 0 bridgehead atoms. The predicted molar refractivity (Wildman–Crippen MR) is 69.8 cm³/mol. The maximum atomic E-state index is 4.36. The first-order chi connectivity index (χ1) is 7.18. The normalized spacial score (nSPS) is 10.3. The van der Waals surface area contributed by atoms with Gasteiger partial charge in [0.05, 0.1) is 10.2 Å². The van der Waals surface area contributed by atoms with Crippen LogP contribution in [-0.2, 0) is 0 Å². The Hall–Kier alpha value is -0.890. The highest BCUT2D eigenvalue weighted by Gasteiger charge is 2.06. The Bertz CT molecular complexity index is 429. The summed E-state index contributed by atoms with van der Waals surface area (Å²) in [6.07, 6.45) is 1.88. The molecule has 0 aromatic carbocycles. The lowest BCUT2D eigenvalue weighted by atomic mass is 10.2. The number of aryl methyl sites for hydroxylation is 1. The first-order valence-electron chi connectivity index (χ1n) is 5.53. The van der Waals surface area contributed by atoms with Crippen LogP contribution in [0.15, 0.2) is 18.3 Å². The van der Waals surface area contributed by atoms with Crippen molar-refractivity contribution in [3.05, 3.63) is 28.8 Å². The van der Waals surface area contributed by atoms with Gasteiger partial charge in [0.1, 0.15) is 0 Å². The highest BCUT2D eigenvalue weighted by molar-refractivity contribution is 7.19. The Morgan fingerprint density at radius 3 is 2.47 bits per heavy atom. The SMILES string of the molecule is CC.Cc1ccnc2cc(C(C)C)sc12. The second-order valence-corrected chi connectivity index (χ2v) is 4.73. The molecule has 0 aliphatic carbocycles. The molecule has 0 aliphatic rings. The van der Waals surface area contributed by atoms with Crippen LogP contribution in [0.25, 0.3) is 10.2 Å². The van der Waals surface area contributed by atoms with Crippen molar-refractivity contribution >= 4 is 21.6 Å². The van der Waals surface area contributed by atoms with E-state index in [9.17, 15) is 0 Å². The highest BCUT2D eigenvalue weighted by atomic mass is 32.1. The number of pyridine rings is 1. The van der Waals surface area contributed by atoms with Gasteiger partial charge in [-0.1, -0.05) is 27.7 Å². The Morgan fingerprint density at radius 2 is 1.93 bits per heavy atom. The lowest BCUT2D eigenvalue weighted by molar-refractivity contribution is 0.890. The molecule has 2 aromatic heterocycles. The van der Waals surface area contributed by atoms with Gasteiger partial charge in [0.15, 0.2) is 0 Å². The second-order valence-electron chi connectivity index (χ2n) is 3.65. The molecule has 0 aliphatic heterocycles. The molecule has 0 radical (unpaired) electrons. The predicted octanol–water partition coefficient (Wildman–Crippen LogP) is 4.75. The van der Waals surface area contributed by atoms with E-state index in [1.54, 1.807) is 0 Å². The number of thiophene rings is 1. The minimum absolute atomic E-state index is 0.610. The number of aromatic nitrogens is 1. The van der Waals surface area contributed by atoms with Crippen molar-refractivity contribution in [3.63, 3.8) is 0 Å². The molecule has 2 rings (SSSR count). The number of hydrogen-bond acceptors (Lipinski definition) is 2. The molecule has 0 N–H and O–H groups in total. The summed E-state index contributed by atoms with van der Waals surface area (Å²) in [6.45, 7) is 10.6. The van der Waals surface area contributed by atoms with Gasteiger partial charge in [-0.05, 0) is 30.5 Å². The van der Waals surface area contributed by atoms with Crippen LogP contribution in [0.5, 0.6) is 0 Å². The van der Waals surface area contributed by atoms with Crippen LogP contribution in [0.4, 0.5) is 0 Å². The first kappa shape index (κ1) is 12.2. The minimum Gasteiger partial charge on any atom is -0.255 e. The van der Waals surface area contributed by atoms with Crippen molar-refractivity contribution in [2.75, 3.05) is 0 Å². The van der Waals surface area contributed by atoms with Crippen molar-refractivity contribution in [2.45, 2.75) is 40.5 Å². The van der Waals surface area contributed by atoms with Gasteiger partial charge in [-0.2, -0.15) is 0 Å². The summed E-state index contributed by atoms with van der Waals surface area (Å²) in [5, 5.41) is 0. The van der Waals surface area contributed by atoms with E-state index in [0.717, 1.165) is 5.52 Å². The molecule has 0 saturated carbocycles. The lowest BCUT2D eigenvalue weighted by Crippen LogP contribution is -1.77. The fourth-order valence-electron chi connectivity index (χ4n) is 1.37. The zero-order valence-electron chi connectivity index (χ0n) is 10.2. The molecule has 0 saturated heterocycles. The Kier molecular flexibility index (Phi) is 4.28. The van der Waals surface area contributed by atoms with Crippen molar-refractivity contribution in [1.82, 2.24) is 4.98 Å². The summed E-state index contributed by atoms with van der Waals surface area (Å²) in [5.41, 5.74) is 2.48. The van der Waals surface area contributed by atoms with Crippen LogP contribution in [0.3, 0.4) is 0 Å². The van der Waals surface area contributed by atoms with Crippen LogP contribution in [0.1, 0.15) is 44.1 Å². The van der Waals surface area contributed by atoms with Gasteiger partial charge in [-0.3, -0.25) is 4.98 Å². The number of nitrogens with zero attached hydrogens (tertiary/aromatic N) is 1. The summed E-state index contributed by atoms with van der Waals surface area (Å²) in [4.78, 5) is 5.78. The van der Waals surface area contributed by atoms with E-state index in [1.807, 2.05) is 31.4 Å². The van der Waals surface area contributed by atoms with Crippen molar-refractivity contribution in [2.24, 2.45) is 0 Å². The molecule has 2 aromatic rings. The van der Waals surface area contributed by atoms with Crippen LogP contribution in [-0.4, -0.2) is 4.98 Å². The summed E-state index contributed by atoms with van der Waals surface area (Å²) in [6, 6.07) is 4.28. The molecular weight excluding hydrogens is 202 g/mol. The molecule has 2 heteroatoms. The zero-order valence-corrected chi connectivity index (χ0v) is 11.0. The van der Waals surface area contributed by atoms with Gasteiger partial charge in [-0.25, -0.2) is 0 Å². The van der Waals surface area contributed by atoms with Gasteiger partial charge < -0.3 is 0 Å². The first-order valence-corrected chi connectivity index (χ1v) is 6.35. The largest absolute Gasteiger partial charge is 0.255 e. The van der Waals surface area contributed by atoms with Gasteiger partial charge in [0.25, 0.3) is 0 Å². The molecule has 15 heavy (non-hydrogen) atoms. The van der Waals surface area contributed by atoms with Crippen molar-refractivity contribution < 1.29 is 0 Å². The van der Waals surface area contributed by atoms with Gasteiger partial charge in [0.2, 0.25) is 0 Å². The van der Waals surface area contributed by atoms with E-state index in [0.29, 0.717) is 5.92 Å². The lowest BCUT2D eigenvalue weighted by Gasteiger charge is -1.96. The maximum absolute atomic E-state index is 4.36. The summed E-state index contributed by atoms with van der Waals surface area (Å²) in [5.74, 6) is 0.610. The van der Waals surface area contributed by atoms with E-state index < -0.39 is 0 Å². The van der Waals surface area contributed by atoms with E-state index in [-0.39, 0.29) is 0 Å². The van der Waals surface area contributed by atoms with Crippen LogP contribution in [0, 0.1) is 6.92 Å². The standard InChI is InChI=1S/C11H13NS.C2H6/c1-7(2)10-6-9-11(13-10)8(3)4-5-12-9;1-2/h4-7H,1-3H3;1-2H3. The van der Waals surface area contributed by atoms with E-state index in [2.05, 4.69) is 37.9 Å². The number of rotatable bonds is 1. The van der Waals surface area contributed by atoms with Crippen molar-refractivity contribution in [3.8, 4) is 0 Å². The summed E-state index contributed by atoms with van der Waals surface area (Å²) >= 11 is 1.87. The van der Waals surface area contributed by atoms with E-state index in [1.165, 1.54) is 15.1 Å². The maximum Gasteiger partial charge on any atom is 0.0815 e. The average Bonchev–Trinajstić information content (AvgIpc) is 2.66. The number of fused-ring (bicyclic) bond motifs is 1. The molecular formula is C13H19NS. The molecule has 82 valence electrons. The second kappa shape index (κ2) is 5.26. The number of hydrogen-bond donors (Lipinski definition) is 0. The highest BCUT2D eigenvalue weighted by Crippen LogP contribution is 2.31. The third-order valence-corrected chi connectivity index (χ3v) is 3.76. The monoisotopic (exact) mass is 221 g/mol. The Labute approximate surface area is 96.2 Å². The topological polar surface area (TPSA) is 12.9 Å². The van der Waals surface area contributed by atoms with Crippen LogP contribution >= 0.6 is 11.3 Å². The van der Waals surface area contributed by atoms with Crippen molar-refractivity contribution in [1.29, 1.82) is 0 Å². The molecule has 0 unspecified atom stereocenters. The Morgan fingerprint density at radius 1 is 1.27 bits per heavy atom. The average molecular weight is 221 g/mol. The molecule has 0 amide bonds. The molecule has 1 nitrogen and oxygen atoms in total. The third kappa shape index (κ3) is 2.57. The fourth-order valence-corrected chi connectivity index (χ4v) is 2.46. The van der Waals surface area contributed by atoms with Gasteiger partial charge >= 0.3 is 0 Å². The third-order valence-electron chi connectivity index (χ3n) is 2.20. The fraction of sp³-hybridized carbons (Fsp3) is 0.462. The van der Waals surface area contributed by atoms with E-state index >= 15 is 0 Å². The van der Waals surface area contributed by atoms with Crippen LogP contribution < -0.4 is 0 Å².